The van der Waals surface area contributed by atoms with Crippen molar-refractivity contribution in [2.75, 3.05) is 13.1 Å². The predicted molar refractivity (Wildman–Crippen MR) is 170 cm³/mol. The molecule has 8 heteroatoms. The maximum absolute atomic E-state index is 12.8. The number of unbranched alkanes of at least 4 members (excludes halogenated alkanes) is 9. The Morgan fingerprint density at radius 2 is 1.10 bits per heavy atom. The van der Waals surface area contributed by atoms with Crippen molar-refractivity contribution in [1.29, 1.82) is 0 Å². The fourth-order valence-corrected chi connectivity index (χ4v) is 11.1. The summed E-state index contributed by atoms with van der Waals surface area (Å²) in [6, 6.07) is 0. The number of hydrogen-bond donors (Lipinski definition) is 0. The van der Waals surface area contributed by atoms with Crippen LogP contribution in [0, 0.1) is 23.7 Å². The number of hydrogen-bond acceptors (Lipinski definition) is 1. The third kappa shape index (κ3) is 6.43. The van der Waals surface area contributed by atoms with Crippen molar-refractivity contribution in [3.63, 3.8) is 0 Å². The maximum atomic E-state index is 12.8. The van der Waals surface area contributed by atoms with E-state index in [4.69, 9.17) is 69.6 Å². The first kappa shape index (κ1) is 32.9. The highest BCUT2D eigenvalue weighted by atomic mass is 35.5. The Morgan fingerprint density at radius 1 is 0.692 bits per heavy atom. The predicted octanol–water partition coefficient (Wildman–Crippen LogP) is 11.2. The van der Waals surface area contributed by atoms with Gasteiger partial charge in [-0.25, -0.2) is 0 Å². The third-order valence-electron chi connectivity index (χ3n) is 10.3. The minimum atomic E-state index is -1.44. The van der Waals surface area contributed by atoms with Crippen LogP contribution in [0.2, 0.25) is 0 Å². The number of carbonyl (C=O) groups is 1. The van der Waals surface area contributed by atoms with Crippen LogP contribution in [0.4, 0.5) is 0 Å². The summed E-state index contributed by atoms with van der Waals surface area (Å²) in [6.07, 6.45) is 20.2. The molecule has 0 aromatic heterocycles. The monoisotopic (exact) mass is 659 g/mol. The SMILES string of the molecule is CCCCCCCC[C@@H]1[C@H](CCCCCCCC(=O)N2CC3CCC(CC3)C2)[C@]2(Cl)C(Cl)=C(Cl)[C@]1(Cl)C2(Cl)Cl. The molecule has 5 aliphatic rings. The van der Waals surface area contributed by atoms with E-state index in [1.807, 2.05) is 0 Å². The molecule has 0 aromatic carbocycles. The third-order valence-corrected chi connectivity index (χ3v) is 14.7. The normalized spacial score (nSPS) is 35.2. The lowest BCUT2D eigenvalue weighted by Crippen LogP contribution is -2.44. The van der Waals surface area contributed by atoms with Crippen LogP contribution in [-0.4, -0.2) is 38.0 Å². The number of alkyl halides is 4. The summed E-state index contributed by atoms with van der Waals surface area (Å²) >= 11 is 41.6. The fraction of sp³-hybridized carbons (Fsp3) is 0.903. The van der Waals surface area contributed by atoms with Gasteiger partial charge in [0.1, 0.15) is 9.75 Å². The zero-order valence-electron chi connectivity index (χ0n) is 23.6. The maximum Gasteiger partial charge on any atom is 0.222 e. The summed E-state index contributed by atoms with van der Waals surface area (Å²) in [7, 11) is 0. The van der Waals surface area contributed by atoms with E-state index in [1.165, 1.54) is 51.4 Å². The topological polar surface area (TPSA) is 20.3 Å². The van der Waals surface area contributed by atoms with E-state index in [9.17, 15) is 4.79 Å². The minimum absolute atomic E-state index is 0.00520. The summed E-state index contributed by atoms with van der Waals surface area (Å²) in [5.41, 5.74) is 0. The second-order valence-corrected chi connectivity index (χ2v) is 16.2. The van der Waals surface area contributed by atoms with Crippen LogP contribution in [0.3, 0.4) is 0 Å². The van der Waals surface area contributed by atoms with Crippen molar-refractivity contribution in [3.05, 3.63) is 10.1 Å². The van der Waals surface area contributed by atoms with Crippen LogP contribution in [-0.2, 0) is 4.79 Å². The molecule has 0 unspecified atom stereocenters. The van der Waals surface area contributed by atoms with E-state index >= 15 is 0 Å². The number of allylic oxidation sites excluding steroid dienone is 2. The van der Waals surface area contributed by atoms with Crippen molar-refractivity contribution < 1.29 is 4.79 Å². The molecule has 0 radical (unpaired) electrons. The van der Waals surface area contributed by atoms with Gasteiger partial charge < -0.3 is 4.90 Å². The Hall–Kier alpha value is 0.950. The van der Waals surface area contributed by atoms with Crippen molar-refractivity contribution in [2.24, 2.45) is 23.7 Å². The van der Waals surface area contributed by atoms with Gasteiger partial charge in [-0.15, -0.1) is 23.2 Å². The summed E-state index contributed by atoms with van der Waals surface area (Å²) in [5.74, 6) is 1.81. The van der Waals surface area contributed by atoms with Crippen LogP contribution >= 0.6 is 69.6 Å². The van der Waals surface area contributed by atoms with Gasteiger partial charge in [-0.3, -0.25) is 4.79 Å². The molecule has 4 atom stereocenters. The standard InChI is InChI=1S/C31H47Cl6NO/c1-2-3-4-5-7-10-13-24-25(30(35)28(33)27(32)29(24,34)31(30,36)37)14-11-8-6-9-12-15-26(39)38-20-22-16-17-23(21-38)19-18-22/h22-25H,2-21H2,1H3/t22?,23?,24-,25+,29+,30+/m1/s1. The van der Waals surface area contributed by atoms with Crippen molar-refractivity contribution in [3.8, 4) is 0 Å². The van der Waals surface area contributed by atoms with Crippen molar-refractivity contribution >= 4 is 75.5 Å². The quantitative estimate of drug-likeness (QED) is 0.126. The van der Waals surface area contributed by atoms with Crippen LogP contribution in [0.1, 0.15) is 122 Å². The second kappa shape index (κ2) is 14.2. The van der Waals surface area contributed by atoms with Crippen LogP contribution in [0.15, 0.2) is 10.1 Å². The average molecular weight is 662 g/mol. The van der Waals surface area contributed by atoms with Gasteiger partial charge in [-0.2, -0.15) is 0 Å². The molecule has 39 heavy (non-hydrogen) atoms. The van der Waals surface area contributed by atoms with Crippen molar-refractivity contribution in [2.45, 2.75) is 137 Å². The lowest BCUT2D eigenvalue weighted by Gasteiger charge is -2.37. The van der Waals surface area contributed by atoms with Crippen LogP contribution in [0.5, 0.6) is 0 Å². The molecule has 2 nitrogen and oxygen atoms in total. The molecule has 224 valence electrons. The highest BCUT2D eigenvalue weighted by molar-refractivity contribution is 6.65. The summed E-state index contributed by atoms with van der Waals surface area (Å²) in [4.78, 5) is 12.7. The largest absolute Gasteiger partial charge is 0.342 e. The molecule has 2 saturated carbocycles. The van der Waals surface area contributed by atoms with E-state index in [-0.39, 0.29) is 11.8 Å². The first-order valence-corrected chi connectivity index (χ1v) is 17.9. The lowest BCUT2D eigenvalue weighted by atomic mass is 9.76. The molecule has 0 N–H and O–H groups in total. The van der Waals surface area contributed by atoms with E-state index in [2.05, 4.69) is 11.8 Å². The van der Waals surface area contributed by atoms with Gasteiger partial charge >= 0.3 is 0 Å². The molecule has 5 rings (SSSR count). The molecule has 3 aliphatic carbocycles. The summed E-state index contributed by atoms with van der Waals surface area (Å²) in [5, 5.41) is 0.663. The first-order chi connectivity index (χ1) is 18.6. The average Bonchev–Trinajstić information content (AvgIpc) is 3.16. The van der Waals surface area contributed by atoms with Crippen molar-refractivity contribution in [1.82, 2.24) is 4.90 Å². The van der Waals surface area contributed by atoms with Gasteiger partial charge in [0.25, 0.3) is 0 Å². The van der Waals surface area contributed by atoms with Gasteiger partial charge in [-0.1, -0.05) is 118 Å². The Morgan fingerprint density at radius 3 is 1.56 bits per heavy atom. The molecule has 0 aromatic rings. The molecule has 2 aliphatic heterocycles. The molecular weight excluding hydrogens is 615 g/mol. The number of amides is 1. The molecule has 4 fully saturated rings. The summed E-state index contributed by atoms with van der Waals surface area (Å²) in [6.45, 7) is 4.21. The van der Waals surface area contributed by atoms with Gasteiger partial charge in [0, 0.05) is 19.5 Å². The number of rotatable bonds is 15. The fourth-order valence-electron chi connectivity index (χ4n) is 7.98. The second-order valence-electron chi connectivity index (χ2n) is 12.9. The highest BCUT2D eigenvalue weighted by Crippen LogP contribution is 2.77. The molecule has 1 amide bonds. The van der Waals surface area contributed by atoms with E-state index < -0.39 is 14.1 Å². The van der Waals surface area contributed by atoms with E-state index in [0.29, 0.717) is 22.4 Å². The molecule has 2 saturated heterocycles. The van der Waals surface area contributed by atoms with Gasteiger partial charge in [0.15, 0.2) is 4.33 Å². The molecule has 0 spiro atoms. The van der Waals surface area contributed by atoms with Crippen LogP contribution < -0.4 is 0 Å². The van der Waals surface area contributed by atoms with Crippen LogP contribution in [0.25, 0.3) is 0 Å². The van der Waals surface area contributed by atoms with Gasteiger partial charge in [-0.05, 0) is 68.6 Å². The number of halogens is 6. The van der Waals surface area contributed by atoms with E-state index in [1.54, 1.807) is 0 Å². The Kier molecular flexibility index (Phi) is 11.9. The highest BCUT2D eigenvalue weighted by Gasteiger charge is 2.81. The number of fused-ring (bicyclic) bond motifs is 6. The Bertz CT molecular complexity index is 857. The smallest absolute Gasteiger partial charge is 0.222 e. The first-order valence-electron chi connectivity index (χ1n) is 15.7. The number of carbonyl (C=O) groups excluding carboxylic acids is 1. The number of nitrogens with zero attached hydrogens (tertiary/aromatic N) is 1. The minimum Gasteiger partial charge on any atom is -0.342 e. The Balaban J connectivity index is 1.23. The van der Waals surface area contributed by atoms with E-state index in [0.717, 1.165) is 82.7 Å². The van der Waals surface area contributed by atoms with Gasteiger partial charge in [0.05, 0.1) is 10.1 Å². The zero-order chi connectivity index (χ0) is 28.3. The lowest BCUT2D eigenvalue weighted by molar-refractivity contribution is -0.131. The molecule has 2 heterocycles. The summed E-state index contributed by atoms with van der Waals surface area (Å²) < 4.78 is -1.44. The Labute approximate surface area is 267 Å². The zero-order valence-corrected chi connectivity index (χ0v) is 28.1. The molecule has 4 bridgehead atoms. The molecular formula is C31H47Cl6NO. The van der Waals surface area contributed by atoms with Gasteiger partial charge in [0.2, 0.25) is 5.91 Å².